The first-order valence-electron chi connectivity index (χ1n) is 14.3. The molecule has 7 aliphatic rings. The SMILES string of the molecule is O=C(C1CC1)N1CC(CN2C(=O)C3(CCN([SH](=O)=O)CC3)N=C2C2C=CC(C3C=C4CNNC4=CC3)=CC2)C1. The molecule has 4 heterocycles. The summed E-state index contributed by atoms with van der Waals surface area (Å²) in [5, 5.41) is 0. The van der Waals surface area contributed by atoms with Crippen LogP contribution < -0.4 is 10.9 Å². The van der Waals surface area contributed by atoms with Crippen LogP contribution in [0, 0.1) is 23.7 Å². The van der Waals surface area contributed by atoms with Gasteiger partial charge in [-0.15, -0.1) is 0 Å². The predicted octanol–water partition coefficient (Wildman–Crippen LogP) is 0.897. The number of likely N-dealkylation sites (tertiary alicyclic amines) is 1. The third-order valence-electron chi connectivity index (χ3n) is 9.40. The van der Waals surface area contributed by atoms with Gasteiger partial charge in [0.15, 0.2) is 0 Å². The fourth-order valence-corrected chi connectivity index (χ4v) is 7.37. The molecule has 0 radical (unpaired) electrons. The molecular weight excluding hydrogens is 516 g/mol. The lowest BCUT2D eigenvalue weighted by Crippen LogP contribution is -2.57. The second-order valence-corrected chi connectivity index (χ2v) is 13.1. The molecule has 1 spiro atoms. The standard InChI is InChI=1S/C28H36N6O4S/c35-26(21-5-6-21)32-15-18(16-32)17-34-25(30-28(27(34)36)9-11-33(12-10-28)39(37)38)20-3-1-19(2-4-20)22-7-8-24-23(13-22)14-29-31-24/h1-3,8,13,18,20-22,29,31,39H,4-7,9-12,14-17H2. The normalized spacial score (nSPS) is 30.5. The van der Waals surface area contributed by atoms with Gasteiger partial charge in [0, 0.05) is 68.6 Å². The Labute approximate surface area is 230 Å². The van der Waals surface area contributed by atoms with Gasteiger partial charge in [-0.1, -0.05) is 30.4 Å². The largest absolute Gasteiger partial charge is 0.342 e. The molecule has 2 unspecified atom stereocenters. The zero-order valence-corrected chi connectivity index (χ0v) is 22.9. The molecule has 0 aromatic rings. The van der Waals surface area contributed by atoms with Gasteiger partial charge in [0.2, 0.25) is 16.8 Å². The Bertz CT molecular complexity index is 1300. The highest BCUT2D eigenvalue weighted by Crippen LogP contribution is 2.40. The number of nitrogens with one attached hydrogen (secondary N) is 2. The first kappa shape index (κ1) is 25.2. The Morgan fingerprint density at radius 3 is 2.56 bits per heavy atom. The molecule has 0 aromatic heterocycles. The molecule has 2 atom stereocenters. The second kappa shape index (κ2) is 9.71. The zero-order chi connectivity index (χ0) is 26.7. The van der Waals surface area contributed by atoms with Crippen molar-refractivity contribution in [1.29, 1.82) is 0 Å². The number of hydrazine groups is 1. The molecule has 10 nitrogen and oxygen atoms in total. The molecule has 39 heavy (non-hydrogen) atoms. The average molecular weight is 553 g/mol. The lowest BCUT2D eigenvalue weighted by atomic mass is 9.83. The van der Waals surface area contributed by atoms with Gasteiger partial charge in [-0.05, 0) is 49.7 Å². The van der Waals surface area contributed by atoms with Crippen molar-refractivity contribution >= 4 is 28.5 Å². The molecule has 3 aliphatic carbocycles. The van der Waals surface area contributed by atoms with Gasteiger partial charge in [0.25, 0.3) is 5.91 Å². The summed E-state index contributed by atoms with van der Waals surface area (Å²) in [6.07, 6.45) is 15.9. The van der Waals surface area contributed by atoms with E-state index in [0.717, 1.165) is 38.1 Å². The molecular formula is C28H36N6O4S. The second-order valence-electron chi connectivity index (χ2n) is 12.0. The van der Waals surface area contributed by atoms with Crippen molar-refractivity contribution < 1.29 is 18.0 Å². The minimum Gasteiger partial charge on any atom is -0.342 e. The molecule has 3 saturated heterocycles. The van der Waals surface area contributed by atoms with Gasteiger partial charge >= 0.3 is 0 Å². The highest BCUT2D eigenvalue weighted by atomic mass is 32.2. The van der Waals surface area contributed by atoms with E-state index in [4.69, 9.17) is 4.99 Å². The number of nitrogens with zero attached hydrogens (tertiary/aromatic N) is 4. The number of piperidine rings is 1. The number of carbonyl (C=O) groups excluding carboxylic acids is 2. The summed E-state index contributed by atoms with van der Waals surface area (Å²) in [4.78, 5) is 35.3. The fraction of sp³-hybridized carbons (Fsp3) is 0.607. The minimum atomic E-state index is -2.65. The van der Waals surface area contributed by atoms with Gasteiger partial charge in [0.05, 0.1) is 0 Å². The minimum absolute atomic E-state index is 0.00401. The van der Waals surface area contributed by atoms with Crippen LogP contribution in [-0.4, -0.2) is 85.0 Å². The lowest BCUT2D eigenvalue weighted by molar-refractivity contribution is -0.140. The molecule has 4 fully saturated rings. The van der Waals surface area contributed by atoms with Crippen LogP contribution >= 0.6 is 0 Å². The Balaban J connectivity index is 1.08. The third kappa shape index (κ3) is 4.58. The van der Waals surface area contributed by atoms with Crippen LogP contribution in [0.4, 0.5) is 0 Å². The van der Waals surface area contributed by atoms with Gasteiger partial charge in [-0.2, -0.15) is 0 Å². The quantitative estimate of drug-likeness (QED) is 0.422. The summed E-state index contributed by atoms with van der Waals surface area (Å²) in [6.45, 7) is 3.44. The van der Waals surface area contributed by atoms with E-state index in [0.29, 0.717) is 51.5 Å². The maximum Gasteiger partial charge on any atom is 0.255 e. The monoisotopic (exact) mass is 552 g/mol. The number of rotatable bonds is 6. The van der Waals surface area contributed by atoms with Crippen molar-refractivity contribution in [3.05, 3.63) is 47.2 Å². The number of fused-ring (bicyclic) bond motifs is 1. The molecule has 2 N–H and O–H groups in total. The maximum absolute atomic E-state index is 13.9. The topological polar surface area (TPSA) is 114 Å². The van der Waals surface area contributed by atoms with Crippen LogP contribution in [0.2, 0.25) is 0 Å². The van der Waals surface area contributed by atoms with Gasteiger partial charge < -0.3 is 10.3 Å². The number of hydrogen-bond donors (Lipinski definition) is 3. The molecule has 2 amide bonds. The maximum atomic E-state index is 13.9. The fourth-order valence-electron chi connectivity index (χ4n) is 6.84. The van der Waals surface area contributed by atoms with E-state index < -0.39 is 16.4 Å². The van der Waals surface area contributed by atoms with Crippen molar-refractivity contribution in [2.24, 2.45) is 28.7 Å². The van der Waals surface area contributed by atoms with E-state index in [1.807, 2.05) is 9.80 Å². The molecule has 4 aliphatic heterocycles. The van der Waals surface area contributed by atoms with Crippen LogP contribution in [0.25, 0.3) is 0 Å². The molecule has 11 heteroatoms. The number of amides is 2. The highest BCUT2D eigenvalue weighted by molar-refractivity contribution is 7.69. The molecule has 1 saturated carbocycles. The van der Waals surface area contributed by atoms with E-state index in [-0.39, 0.29) is 29.6 Å². The highest BCUT2D eigenvalue weighted by Gasteiger charge is 2.52. The summed E-state index contributed by atoms with van der Waals surface area (Å²) in [5.41, 5.74) is 9.31. The van der Waals surface area contributed by atoms with Gasteiger partial charge in [-0.3, -0.25) is 19.5 Å². The molecule has 0 bridgehead atoms. The van der Waals surface area contributed by atoms with Crippen LogP contribution in [0.1, 0.15) is 38.5 Å². The zero-order valence-electron chi connectivity index (χ0n) is 22.1. The summed E-state index contributed by atoms with van der Waals surface area (Å²) in [5.74, 6) is 1.90. The summed E-state index contributed by atoms with van der Waals surface area (Å²) in [6, 6.07) is 0. The Kier molecular flexibility index (Phi) is 6.28. The van der Waals surface area contributed by atoms with E-state index >= 15 is 0 Å². The van der Waals surface area contributed by atoms with Crippen molar-refractivity contribution in [3.63, 3.8) is 0 Å². The van der Waals surface area contributed by atoms with Crippen LogP contribution in [0.5, 0.6) is 0 Å². The van der Waals surface area contributed by atoms with Gasteiger partial charge in [-0.25, -0.2) is 18.1 Å². The number of aliphatic imine (C=N–C) groups is 1. The van der Waals surface area contributed by atoms with Crippen molar-refractivity contribution in [1.82, 2.24) is 25.0 Å². The number of thiol groups is 1. The molecule has 7 rings (SSSR count). The van der Waals surface area contributed by atoms with E-state index in [1.54, 1.807) is 0 Å². The first-order valence-corrected chi connectivity index (χ1v) is 15.4. The summed E-state index contributed by atoms with van der Waals surface area (Å²) < 4.78 is 24.5. The van der Waals surface area contributed by atoms with E-state index in [1.165, 1.54) is 21.1 Å². The van der Waals surface area contributed by atoms with Crippen LogP contribution in [0.3, 0.4) is 0 Å². The number of carbonyl (C=O) groups is 2. The summed E-state index contributed by atoms with van der Waals surface area (Å²) >= 11 is 0. The van der Waals surface area contributed by atoms with E-state index in [9.17, 15) is 18.0 Å². The molecule has 0 aromatic carbocycles. The Hall–Kier alpha value is -2.76. The van der Waals surface area contributed by atoms with Crippen molar-refractivity contribution in [3.8, 4) is 0 Å². The first-order chi connectivity index (χ1) is 18.9. The van der Waals surface area contributed by atoms with Crippen LogP contribution in [-0.2, 0) is 20.5 Å². The molecule has 208 valence electrons. The Morgan fingerprint density at radius 1 is 1.10 bits per heavy atom. The predicted molar refractivity (Wildman–Crippen MR) is 147 cm³/mol. The summed E-state index contributed by atoms with van der Waals surface area (Å²) in [7, 11) is -2.65. The van der Waals surface area contributed by atoms with Gasteiger partial charge in [0.1, 0.15) is 11.4 Å². The van der Waals surface area contributed by atoms with E-state index in [2.05, 4.69) is 41.2 Å². The number of amidine groups is 1. The average Bonchev–Trinajstić information content (AvgIpc) is 3.62. The smallest absolute Gasteiger partial charge is 0.255 e. The van der Waals surface area contributed by atoms with Crippen molar-refractivity contribution in [2.75, 3.05) is 39.3 Å². The lowest BCUT2D eigenvalue weighted by Gasteiger charge is -2.42. The Morgan fingerprint density at radius 2 is 1.87 bits per heavy atom. The third-order valence-corrected chi connectivity index (χ3v) is 10.3. The van der Waals surface area contributed by atoms with Crippen molar-refractivity contribution in [2.45, 2.75) is 44.1 Å². The number of hydrogen-bond acceptors (Lipinski definition) is 7. The number of allylic oxidation sites excluding steroid dienone is 5. The van der Waals surface area contributed by atoms with Crippen LogP contribution in [0.15, 0.2) is 52.2 Å².